The van der Waals surface area contributed by atoms with E-state index in [1.54, 1.807) is 26.0 Å². The first kappa shape index (κ1) is 16.7. The Morgan fingerprint density at radius 1 is 1.45 bits per heavy atom. The van der Waals surface area contributed by atoms with Gasteiger partial charge >= 0.3 is 5.97 Å². The van der Waals surface area contributed by atoms with Gasteiger partial charge in [0.2, 0.25) is 5.91 Å². The van der Waals surface area contributed by atoms with Crippen LogP contribution in [0.3, 0.4) is 0 Å². The highest BCUT2D eigenvalue weighted by molar-refractivity contribution is 14.1. The first-order valence-electron chi connectivity index (χ1n) is 6.26. The van der Waals surface area contributed by atoms with Crippen LogP contribution in [0.4, 0.5) is 0 Å². The van der Waals surface area contributed by atoms with E-state index in [0.717, 1.165) is 11.1 Å². The molecule has 20 heavy (non-hydrogen) atoms. The van der Waals surface area contributed by atoms with Crippen LogP contribution in [0.1, 0.15) is 25.0 Å². The summed E-state index contributed by atoms with van der Waals surface area (Å²) in [6.07, 6.45) is 0.329. The molecular weight excluding hydrogens is 373 g/mol. The molecule has 0 aliphatic rings. The number of aryl methyl sites for hydroxylation is 1. The second kappa shape index (κ2) is 7.47. The van der Waals surface area contributed by atoms with Crippen molar-refractivity contribution >= 4 is 34.5 Å². The number of nitrogens with one attached hydrogen (secondary N) is 1. The zero-order valence-corrected chi connectivity index (χ0v) is 13.9. The molecular formula is C14H18INO4. The molecule has 0 bridgehead atoms. The fourth-order valence-electron chi connectivity index (χ4n) is 1.84. The number of rotatable bonds is 5. The monoisotopic (exact) mass is 391 g/mol. The van der Waals surface area contributed by atoms with Gasteiger partial charge < -0.3 is 15.2 Å². The molecule has 1 aromatic carbocycles. The van der Waals surface area contributed by atoms with Crippen LogP contribution >= 0.6 is 22.6 Å². The number of hydrogen-bond acceptors (Lipinski definition) is 4. The molecule has 1 rings (SSSR count). The molecule has 5 nitrogen and oxygen atoms in total. The topological polar surface area (TPSA) is 75.6 Å². The molecule has 2 N–H and O–H groups in total. The minimum Gasteiger partial charge on any atom is -0.507 e. The standard InChI is InChI=1S/C14H18INO4/c1-4-20-14(19)12(16-9(3)17)7-10-5-8(2)13(18)11(15)6-10/h5-6,12,18H,4,7H2,1-3H3,(H,16,17)/t12-/m1/s1. The van der Waals surface area contributed by atoms with E-state index in [4.69, 9.17) is 4.74 Å². The number of carbonyl (C=O) groups is 2. The molecule has 1 atom stereocenters. The fourth-order valence-corrected chi connectivity index (χ4v) is 2.67. The number of phenolic OH excluding ortho intramolecular Hbond substituents is 1. The van der Waals surface area contributed by atoms with Gasteiger partial charge in [-0.3, -0.25) is 4.79 Å². The smallest absolute Gasteiger partial charge is 0.328 e. The molecule has 0 saturated carbocycles. The summed E-state index contributed by atoms with van der Waals surface area (Å²) < 4.78 is 5.67. The third kappa shape index (κ3) is 4.66. The maximum atomic E-state index is 11.8. The summed E-state index contributed by atoms with van der Waals surface area (Å²) in [5.41, 5.74) is 1.59. The maximum absolute atomic E-state index is 11.8. The number of ether oxygens (including phenoxy) is 1. The number of amides is 1. The molecule has 0 fully saturated rings. The molecule has 6 heteroatoms. The summed E-state index contributed by atoms with van der Waals surface area (Å²) in [6, 6.07) is 2.87. The van der Waals surface area contributed by atoms with E-state index < -0.39 is 12.0 Å². The molecule has 0 aromatic heterocycles. The quantitative estimate of drug-likeness (QED) is 0.594. The molecule has 0 unspecified atom stereocenters. The molecule has 1 aromatic rings. The van der Waals surface area contributed by atoms with Crippen LogP contribution in [0.2, 0.25) is 0 Å². The zero-order chi connectivity index (χ0) is 15.3. The van der Waals surface area contributed by atoms with Crippen LogP contribution in [-0.4, -0.2) is 29.6 Å². The molecule has 110 valence electrons. The van der Waals surface area contributed by atoms with E-state index in [9.17, 15) is 14.7 Å². The van der Waals surface area contributed by atoms with Crippen LogP contribution in [0.5, 0.6) is 5.75 Å². The number of carbonyl (C=O) groups excluding carboxylic acids is 2. The molecule has 0 spiro atoms. The Labute approximate surface area is 131 Å². The third-order valence-electron chi connectivity index (χ3n) is 2.70. The summed E-state index contributed by atoms with van der Waals surface area (Å²) in [4.78, 5) is 23.0. The number of benzene rings is 1. The predicted octanol–water partition coefficient (Wildman–Crippen LogP) is 1.92. The third-order valence-corrected chi connectivity index (χ3v) is 3.52. The maximum Gasteiger partial charge on any atom is 0.328 e. The van der Waals surface area contributed by atoms with Crippen LogP contribution < -0.4 is 5.32 Å². The highest BCUT2D eigenvalue weighted by Gasteiger charge is 2.21. The van der Waals surface area contributed by atoms with Gasteiger partial charge in [-0.25, -0.2) is 4.79 Å². The van der Waals surface area contributed by atoms with Crippen molar-refractivity contribution in [3.8, 4) is 5.75 Å². The van der Waals surface area contributed by atoms with E-state index >= 15 is 0 Å². The van der Waals surface area contributed by atoms with Crippen molar-refractivity contribution in [2.24, 2.45) is 0 Å². The van der Waals surface area contributed by atoms with Crippen molar-refractivity contribution in [2.75, 3.05) is 6.61 Å². The van der Waals surface area contributed by atoms with Crippen molar-refractivity contribution in [3.05, 3.63) is 26.8 Å². The Morgan fingerprint density at radius 2 is 2.10 bits per heavy atom. The summed E-state index contributed by atoms with van der Waals surface area (Å²) in [6.45, 7) is 5.13. The van der Waals surface area contributed by atoms with Gasteiger partial charge in [-0.1, -0.05) is 6.07 Å². The SMILES string of the molecule is CCOC(=O)[C@@H](Cc1cc(C)c(O)c(I)c1)NC(C)=O. The molecule has 0 aliphatic carbocycles. The van der Waals surface area contributed by atoms with Gasteiger partial charge in [0.25, 0.3) is 0 Å². The summed E-state index contributed by atoms with van der Waals surface area (Å²) in [7, 11) is 0. The summed E-state index contributed by atoms with van der Waals surface area (Å²) >= 11 is 2.03. The lowest BCUT2D eigenvalue weighted by atomic mass is 10.0. The molecule has 1 amide bonds. The highest BCUT2D eigenvalue weighted by Crippen LogP contribution is 2.25. The number of phenols is 1. The molecule has 0 heterocycles. The van der Waals surface area contributed by atoms with Crippen molar-refractivity contribution in [2.45, 2.75) is 33.2 Å². The van der Waals surface area contributed by atoms with E-state index in [0.29, 0.717) is 9.99 Å². The van der Waals surface area contributed by atoms with Crippen molar-refractivity contribution in [1.29, 1.82) is 0 Å². The van der Waals surface area contributed by atoms with E-state index in [2.05, 4.69) is 5.32 Å². The number of esters is 1. The lowest BCUT2D eigenvalue weighted by Crippen LogP contribution is -2.42. The largest absolute Gasteiger partial charge is 0.507 e. The average molecular weight is 391 g/mol. The summed E-state index contributed by atoms with van der Waals surface area (Å²) in [5, 5.41) is 12.3. The van der Waals surface area contributed by atoms with Gasteiger partial charge in [-0.2, -0.15) is 0 Å². The Bertz CT molecular complexity index is 493. The Morgan fingerprint density at radius 3 is 2.60 bits per heavy atom. The Kier molecular flexibility index (Phi) is 6.25. The van der Waals surface area contributed by atoms with Crippen LogP contribution in [0, 0.1) is 10.5 Å². The first-order valence-corrected chi connectivity index (χ1v) is 7.34. The molecule has 0 radical (unpaired) electrons. The van der Waals surface area contributed by atoms with Gasteiger partial charge in [0.05, 0.1) is 10.2 Å². The highest BCUT2D eigenvalue weighted by atomic mass is 127. The Balaban J connectivity index is 2.94. The number of hydrogen-bond donors (Lipinski definition) is 2. The van der Waals surface area contributed by atoms with E-state index in [1.165, 1.54) is 6.92 Å². The zero-order valence-electron chi connectivity index (χ0n) is 11.7. The van der Waals surface area contributed by atoms with E-state index in [-0.39, 0.29) is 18.3 Å². The molecule has 0 saturated heterocycles. The predicted molar refractivity (Wildman–Crippen MR) is 83.5 cm³/mol. The minimum absolute atomic E-state index is 0.238. The first-order chi connectivity index (χ1) is 9.35. The van der Waals surface area contributed by atoms with Crippen molar-refractivity contribution in [3.63, 3.8) is 0 Å². The lowest BCUT2D eigenvalue weighted by Gasteiger charge is -2.17. The summed E-state index contributed by atoms with van der Waals surface area (Å²) in [5.74, 6) is -0.502. The van der Waals surface area contributed by atoms with Crippen molar-refractivity contribution in [1.82, 2.24) is 5.32 Å². The van der Waals surface area contributed by atoms with Gasteiger partial charge in [0.1, 0.15) is 11.8 Å². The van der Waals surface area contributed by atoms with Gasteiger partial charge in [-0.15, -0.1) is 0 Å². The van der Waals surface area contributed by atoms with E-state index in [1.807, 2.05) is 22.6 Å². The number of halogens is 1. The fraction of sp³-hybridized carbons (Fsp3) is 0.429. The Hall–Kier alpha value is -1.31. The number of aromatic hydroxyl groups is 1. The second-order valence-corrected chi connectivity index (χ2v) is 5.61. The average Bonchev–Trinajstić information content (AvgIpc) is 2.34. The molecule has 0 aliphatic heterocycles. The minimum atomic E-state index is -0.716. The normalized spacial score (nSPS) is 11.8. The van der Waals surface area contributed by atoms with Crippen molar-refractivity contribution < 1.29 is 19.4 Å². The van der Waals surface area contributed by atoms with Gasteiger partial charge in [0.15, 0.2) is 0 Å². The van der Waals surface area contributed by atoms with Crippen LogP contribution in [-0.2, 0) is 20.7 Å². The van der Waals surface area contributed by atoms with Crippen LogP contribution in [0.25, 0.3) is 0 Å². The second-order valence-electron chi connectivity index (χ2n) is 4.45. The lowest BCUT2D eigenvalue weighted by molar-refractivity contribution is -0.147. The van der Waals surface area contributed by atoms with Crippen LogP contribution in [0.15, 0.2) is 12.1 Å². The van der Waals surface area contributed by atoms with Gasteiger partial charge in [0, 0.05) is 13.3 Å². The van der Waals surface area contributed by atoms with Gasteiger partial charge in [-0.05, 0) is 53.6 Å².